The van der Waals surface area contributed by atoms with E-state index in [2.05, 4.69) is 31.1 Å². The van der Waals surface area contributed by atoms with Crippen LogP contribution in [0.3, 0.4) is 0 Å². The van der Waals surface area contributed by atoms with Gasteiger partial charge in [0.05, 0.1) is 12.3 Å². The summed E-state index contributed by atoms with van der Waals surface area (Å²) in [5.41, 5.74) is 2.60. The van der Waals surface area contributed by atoms with Crippen LogP contribution in [0, 0.1) is 0 Å². The van der Waals surface area contributed by atoms with Gasteiger partial charge in [-0.15, -0.1) is 0 Å². The maximum Gasteiger partial charge on any atom is 0.253 e. The predicted octanol–water partition coefficient (Wildman–Crippen LogP) is 4.19. The predicted molar refractivity (Wildman–Crippen MR) is 135 cm³/mol. The monoisotopic (exact) mass is 518 g/mol. The molecule has 2 aliphatic rings. The minimum Gasteiger partial charge on any atom is -0.368 e. The van der Waals surface area contributed by atoms with Crippen LogP contribution in [-0.2, 0) is 4.79 Å². The van der Waals surface area contributed by atoms with Gasteiger partial charge in [-0.3, -0.25) is 14.6 Å². The number of hydrogen-bond donors (Lipinski definition) is 1. The highest BCUT2D eigenvalue weighted by atomic mass is 79.9. The third kappa shape index (κ3) is 6.05. The molecule has 2 aliphatic heterocycles. The number of carbonyl (C=O) groups is 2. The van der Waals surface area contributed by atoms with Gasteiger partial charge < -0.3 is 15.1 Å². The Hall–Kier alpha value is -1.97. The molecule has 0 unspecified atom stereocenters. The SMILES string of the molecule is O=C(CSC1=NCCS1)Nc1ccc(N2CCN(C(=O)c3ccc(Br)cc3)CC2)cc1. The second kappa shape index (κ2) is 10.6. The van der Waals surface area contributed by atoms with E-state index in [1.54, 1.807) is 11.8 Å². The molecule has 1 saturated heterocycles. The van der Waals surface area contributed by atoms with Crippen molar-refractivity contribution < 1.29 is 9.59 Å². The van der Waals surface area contributed by atoms with Gasteiger partial charge in [-0.2, -0.15) is 0 Å². The number of piperazine rings is 1. The van der Waals surface area contributed by atoms with Gasteiger partial charge in [0.1, 0.15) is 4.38 Å². The van der Waals surface area contributed by atoms with Crippen LogP contribution in [0.4, 0.5) is 11.4 Å². The van der Waals surface area contributed by atoms with Crippen molar-refractivity contribution in [3.63, 3.8) is 0 Å². The molecule has 2 aromatic carbocycles. The summed E-state index contributed by atoms with van der Waals surface area (Å²) in [5.74, 6) is 1.44. The number of anilines is 2. The number of benzene rings is 2. The quantitative estimate of drug-likeness (QED) is 0.642. The molecule has 1 N–H and O–H groups in total. The van der Waals surface area contributed by atoms with Crippen LogP contribution in [-0.4, -0.2) is 65.3 Å². The highest BCUT2D eigenvalue weighted by Gasteiger charge is 2.22. The van der Waals surface area contributed by atoms with Gasteiger partial charge in [0.15, 0.2) is 0 Å². The maximum atomic E-state index is 12.7. The fourth-order valence-corrected chi connectivity index (χ4v) is 5.50. The van der Waals surface area contributed by atoms with Crippen LogP contribution in [0.2, 0.25) is 0 Å². The van der Waals surface area contributed by atoms with E-state index in [0.717, 1.165) is 45.6 Å². The van der Waals surface area contributed by atoms with Crippen LogP contribution in [0.1, 0.15) is 10.4 Å². The average molecular weight is 519 g/mol. The van der Waals surface area contributed by atoms with E-state index < -0.39 is 0 Å². The third-order valence-corrected chi connectivity index (χ3v) is 7.84. The van der Waals surface area contributed by atoms with E-state index in [1.165, 1.54) is 11.8 Å². The first-order valence-electron chi connectivity index (χ1n) is 10.1. The van der Waals surface area contributed by atoms with E-state index >= 15 is 0 Å². The minimum atomic E-state index is -0.0204. The van der Waals surface area contributed by atoms with Crippen molar-refractivity contribution in [2.45, 2.75) is 0 Å². The van der Waals surface area contributed by atoms with E-state index in [9.17, 15) is 9.59 Å². The number of thioether (sulfide) groups is 2. The molecule has 1 fully saturated rings. The van der Waals surface area contributed by atoms with Gasteiger partial charge in [0.25, 0.3) is 5.91 Å². The largest absolute Gasteiger partial charge is 0.368 e. The molecule has 0 atom stereocenters. The van der Waals surface area contributed by atoms with Crippen molar-refractivity contribution in [3.8, 4) is 0 Å². The first-order chi connectivity index (χ1) is 15.1. The Bertz CT molecular complexity index is 958. The summed E-state index contributed by atoms with van der Waals surface area (Å²) in [6.07, 6.45) is 0. The minimum absolute atomic E-state index is 0.0204. The molecule has 0 saturated carbocycles. The van der Waals surface area contributed by atoms with E-state index in [1.807, 2.05) is 53.4 Å². The number of aliphatic imine (C=N–C) groups is 1. The van der Waals surface area contributed by atoms with Gasteiger partial charge in [0.2, 0.25) is 5.91 Å². The molecule has 4 rings (SSSR count). The van der Waals surface area contributed by atoms with Crippen molar-refractivity contribution in [2.24, 2.45) is 4.99 Å². The molecule has 9 heteroatoms. The number of rotatable bonds is 5. The van der Waals surface area contributed by atoms with Crippen LogP contribution >= 0.6 is 39.5 Å². The van der Waals surface area contributed by atoms with E-state index in [0.29, 0.717) is 24.4 Å². The van der Waals surface area contributed by atoms with Crippen LogP contribution in [0.15, 0.2) is 58.0 Å². The number of hydrogen-bond acceptors (Lipinski definition) is 6. The van der Waals surface area contributed by atoms with Crippen molar-refractivity contribution >= 4 is 67.0 Å². The van der Waals surface area contributed by atoms with Gasteiger partial charge in [0, 0.05) is 53.3 Å². The molecule has 2 heterocycles. The molecule has 2 aromatic rings. The van der Waals surface area contributed by atoms with Crippen molar-refractivity contribution in [2.75, 3.05) is 54.4 Å². The molecular weight excluding hydrogens is 496 g/mol. The second-order valence-electron chi connectivity index (χ2n) is 7.17. The van der Waals surface area contributed by atoms with E-state index in [-0.39, 0.29) is 11.8 Å². The molecule has 31 heavy (non-hydrogen) atoms. The lowest BCUT2D eigenvalue weighted by molar-refractivity contribution is -0.113. The fraction of sp³-hybridized carbons (Fsp3) is 0.318. The number of amides is 2. The summed E-state index contributed by atoms with van der Waals surface area (Å²) in [4.78, 5) is 33.3. The Kier molecular flexibility index (Phi) is 7.58. The normalized spacial score (nSPS) is 16.2. The Morgan fingerprint density at radius 3 is 2.39 bits per heavy atom. The number of carbonyl (C=O) groups excluding carboxylic acids is 2. The number of halogens is 1. The van der Waals surface area contributed by atoms with Crippen molar-refractivity contribution in [1.82, 2.24) is 4.90 Å². The molecule has 6 nitrogen and oxygen atoms in total. The Labute approximate surface area is 199 Å². The lowest BCUT2D eigenvalue weighted by atomic mass is 10.1. The molecule has 0 aliphatic carbocycles. The van der Waals surface area contributed by atoms with Crippen molar-refractivity contribution in [3.05, 3.63) is 58.6 Å². The average Bonchev–Trinajstić information content (AvgIpc) is 3.32. The summed E-state index contributed by atoms with van der Waals surface area (Å²) in [6.45, 7) is 3.79. The smallest absolute Gasteiger partial charge is 0.253 e. The molecule has 0 radical (unpaired) electrons. The molecule has 0 spiro atoms. The first kappa shape index (κ1) is 22.2. The van der Waals surface area contributed by atoms with Gasteiger partial charge in [-0.25, -0.2) is 0 Å². The highest BCUT2D eigenvalue weighted by Crippen LogP contribution is 2.23. The summed E-state index contributed by atoms with van der Waals surface area (Å²) < 4.78 is 1.97. The van der Waals surface area contributed by atoms with Crippen LogP contribution in [0.5, 0.6) is 0 Å². The first-order valence-corrected chi connectivity index (χ1v) is 12.8. The third-order valence-electron chi connectivity index (χ3n) is 5.06. The highest BCUT2D eigenvalue weighted by molar-refractivity contribution is 9.10. The zero-order valence-corrected chi connectivity index (χ0v) is 20.1. The summed E-state index contributed by atoms with van der Waals surface area (Å²) >= 11 is 6.61. The molecule has 2 amide bonds. The lowest BCUT2D eigenvalue weighted by Gasteiger charge is -2.36. The Balaban J connectivity index is 1.25. The Morgan fingerprint density at radius 2 is 1.74 bits per heavy atom. The summed E-state index contributed by atoms with van der Waals surface area (Å²) in [7, 11) is 0. The standard InChI is InChI=1S/C22H23BrN4O2S2/c23-17-3-1-16(2-4-17)21(29)27-12-10-26(11-13-27)19-7-5-18(6-8-19)25-20(28)15-31-22-24-9-14-30-22/h1-8H,9-15H2,(H,25,28). The van der Waals surface area contributed by atoms with Crippen LogP contribution in [0.25, 0.3) is 0 Å². The van der Waals surface area contributed by atoms with Crippen LogP contribution < -0.4 is 10.2 Å². The number of nitrogens with zero attached hydrogens (tertiary/aromatic N) is 3. The lowest BCUT2D eigenvalue weighted by Crippen LogP contribution is -2.48. The molecule has 0 aromatic heterocycles. The molecular formula is C22H23BrN4O2S2. The second-order valence-corrected chi connectivity index (χ2v) is 10.4. The number of nitrogens with one attached hydrogen (secondary N) is 1. The van der Waals surface area contributed by atoms with Gasteiger partial charge in [-0.1, -0.05) is 39.5 Å². The topological polar surface area (TPSA) is 65.0 Å². The maximum absolute atomic E-state index is 12.7. The van der Waals surface area contributed by atoms with Gasteiger partial charge in [-0.05, 0) is 48.5 Å². The fourth-order valence-electron chi connectivity index (χ4n) is 3.43. The Morgan fingerprint density at radius 1 is 1.03 bits per heavy atom. The summed E-state index contributed by atoms with van der Waals surface area (Å²) in [5, 5.41) is 2.94. The van der Waals surface area contributed by atoms with Crippen molar-refractivity contribution in [1.29, 1.82) is 0 Å². The zero-order chi connectivity index (χ0) is 21.6. The zero-order valence-electron chi connectivity index (χ0n) is 16.9. The molecule has 0 bridgehead atoms. The summed E-state index contributed by atoms with van der Waals surface area (Å²) in [6, 6.07) is 15.4. The molecule has 162 valence electrons. The van der Waals surface area contributed by atoms with E-state index in [4.69, 9.17) is 0 Å². The van der Waals surface area contributed by atoms with Gasteiger partial charge >= 0.3 is 0 Å².